The number of hydrogen-bond acceptors (Lipinski definition) is 2. The molecule has 0 bridgehead atoms. The van der Waals surface area contributed by atoms with Crippen molar-refractivity contribution in [2.75, 3.05) is 25.1 Å². The molecule has 1 heterocycles. The molecule has 1 aliphatic heterocycles. The molecule has 1 aromatic rings. The predicted molar refractivity (Wildman–Crippen MR) is 67.9 cm³/mol. The quantitative estimate of drug-likeness (QED) is 0.839. The topological polar surface area (TPSA) is 21.3 Å². The van der Waals surface area contributed by atoms with Crippen molar-refractivity contribution in [3.63, 3.8) is 0 Å². The SMILES string of the molecule is CC(C)c1cccc(NCC2CCOC2)c1. The van der Waals surface area contributed by atoms with Crippen LogP contribution in [0.3, 0.4) is 0 Å². The fraction of sp³-hybridized carbons (Fsp3) is 0.571. The summed E-state index contributed by atoms with van der Waals surface area (Å²) in [4.78, 5) is 0. The molecule has 16 heavy (non-hydrogen) atoms. The Labute approximate surface area is 98.0 Å². The number of ether oxygens (including phenoxy) is 1. The molecule has 0 radical (unpaired) electrons. The monoisotopic (exact) mass is 219 g/mol. The van der Waals surface area contributed by atoms with Gasteiger partial charge < -0.3 is 10.1 Å². The molecule has 2 rings (SSSR count). The second kappa shape index (κ2) is 5.35. The lowest BCUT2D eigenvalue weighted by Gasteiger charge is -2.12. The fourth-order valence-corrected chi connectivity index (χ4v) is 2.01. The predicted octanol–water partition coefficient (Wildman–Crippen LogP) is 3.26. The maximum absolute atomic E-state index is 5.37. The van der Waals surface area contributed by atoms with E-state index in [0.29, 0.717) is 11.8 Å². The average molecular weight is 219 g/mol. The van der Waals surface area contributed by atoms with E-state index in [4.69, 9.17) is 4.74 Å². The van der Waals surface area contributed by atoms with Gasteiger partial charge in [0.1, 0.15) is 0 Å². The molecule has 1 fully saturated rings. The normalized spacial score (nSPS) is 20.3. The van der Waals surface area contributed by atoms with Gasteiger partial charge in [-0.1, -0.05) is 26.0 Å². The van der Waals surface area contributed by atoms with E-state index in [0.717, 1.165) is 19.8 Å². The maximum atomic E-state index is 5.37. The van der Waals surface area contributed by atoms with Crippen molar-refractivity contribution in [2.45, 2.75) is 26.2 Å². The molecule has 1 atom stereocenters. The summed E-state index contributed by atoms with van der Waals surface area (Å²) in [6.07, 6.45) is 1.19. The lowest BCUT2D eigenvalue weighted by Crippen LogP contribution is -2.14. The van der Waals surface area contributed by atoms with Crippen molar-refractivity contribution < 1.29 is 4.74 Å². The summed E-state index contributed by atoms with van der Waals surface area (Å²) >= 11 is 0. The van der Waals surface area contributed by atoms with Gasteiger partial charge in [0, 0.05) is 24.8 Å². The Morgan fingerprint density at radius 1 is 1.44 bits per heavy atom. The van der Waals surface area contributed by atoms with Gasteiger partial charge in [-0.3, -0.25) is 0 Å². The molecule has 0 saturated carbocycles. The van der Waals surface area contributed by atoms with Crippen molar-refractivity contribution in [2.24, 2.45) is 5.92 Å². The minimum absolute atomic E-state index is 0.594. The zero-order chi connectivity index (χ0) is 11.4. The first-order chi connectivity index (χ1) is 7.75. The summed E-state index contributed by atoms with van der Waals surface area (Å²) in [5.74, 6) is 1.28. The van der Waals surface area contributed by atoms with E-state index in [1.165, 1.54) is 17.7 Å². The zero-order valence-corrected chi connectivity index (χ0v) is 10.2. The third-order valence-electron chi connectivity index (χ3n) is 3.17. The van der Waals surface area contributed by atoms with Crippen molar-refractivity contribution in [1.29, 1.82) is 0 Å². The van der Waals surface area contributed by atoms with Crippen LogP contribution in [0.1, 0.15) is 31.7 Å². The molecule has 1 unspecified atom stereocenters. The Hall–Kier alpha value is -1.02. The molecule has 1 N–H and O–H groups in total. The van der Waals surface area contributed by atoms with Gasteiger partial charge in [-0.05, 0) is 30.0 Å². The van der Waals surface area contributed by atoms with Gasteiger partial charge >= 0.3 is 0 Å². The molecule has 2 heteroatoms. The molecule has 1 saturated heterocycles. The minimum Gasteiger partial charge on any atom is -0.385 e. The molecule has 0 aliphatic carbocycles. The van der Waals surface area contributed by atoms with E-state index < -0.39 is 0 Å². The molecule has 0 aromatic heterocycles. The summed E-state index contributed by atoms with van der Waals surface area (Å²) < 4.78 is 5.37. The van der Waals surface area contributed by atoms with Crippen molar-refractivity contribution in [1.82, 2.24) is 0 Å². The van der Waals surface area contributed by atoms with E-state index in [1.807, 2.05) is 0 Å². The Balaban J connectivity index is 1.90. The molecule has 0 spiro atoms. The number of anilines is 1. The summed E-state index contributed by atoms with van der Waals surface area (Å²) in [7, 11) is 0. The van der Waals surface area contributed by atoms with Crippen molar-refractivity contribution >= 4 is 5.69 Å². The third kappa shape index (κ3) is 2.99. The van der Waals surface area contributed by atoms with Gasteiger partial charge in [-0.2, -0.15) is 0 Å². The van der Waals surface area contributed by atoms with E-state index >= 15 is 0 Å². The Bertz CT molecular complexity index is 329. The van der Waals surface area contributed by atoms with Crippen LogP contribution in [-0.4, -0.2) is 19.8 Å². The highest BCUT2D eigenvalue weighted by atomic mass is 16.5. The van der Waals surface area contributed by atoms with Gasteiger partial charge in [-0.25, -0.2) is 0 Å². The lowest BCUT2D eigenvalue weighted by molar-refractivity contribution is 0.187. The van der Waals surface area contributed by atoms with Gasteiger partial charge in [-0.15, -0.1) is 0 Å². The van der Waals surface area contributed by atoms with Gasteiger partial charge in [0.25, 0.3) is 0 Å². The van der Waals surface area contributed by atoms with Crippen LogP contribution in [0.15, 0.2) is 24.3 Å². The van der Waals surface area contributed by atoms with E-state index in [1.54, 1.807) is 0 Å². The standard InChI is InChI=1S/C14H21NO/c1-11(2)13-4-3-5-14(8-13)15-9-12-6-7-16-10-12/h3-5,8,11-12,15H,6-7,9-10H2,1-2H3. The Kier molecular flexibility index (Phi) is 3.83. The first kappa shape index (κ1) is 11.5. The van der Waals surface area contributed by atoms with Crippen molar-refractivity contribution in [3.05, 3.63) is 29.8 Å². The van der Waals surface area contributed by atoms with E-state index in [2.05, 4.69) is 43.4 Å². The van der Waals surface area contributed by atoms with Crippen LogP contribution in [0, 0.1) is 5.92 Å². The summed E-state index contributed by atoms with van der Waals surface area (Å²) in [5.41, 5.74) is 2.63. The molecule has 1 aromatic carbocycles. The minimum atomic E-state index is 0.594. The molecule has 0 amide bonds. The largest absolute Gasteiger partial charge is 0.385 e. The first-order valence-corrected chi connectivity index (χ1v) is 6.17. The van der Waals surface area contributed by atoms with Crippen LogP contribution in [0.2, 0.25) is 0 Å². The number of rotatable bonds is 4. The summed E-state index contributed by atoms with van der Waals surface area (Å²) in [6.45, 7) is 7.32. The van der Waals surface area contributed by atoms with Crippen LogP contribution >= 0.6 is 0 Å². The van der Waals surface area contributed by atoms with Gasteiger partial charge in [0.2, 0.25) is 0 Å². The molecule has 88 valence electrons. The summed E-state index contributed by atoms with van der Waals surface area (Å²) in [5, 5.41) is 3.50. The maximum Gasteiger partial charge on any atom is 0.0511 e. The number of benzene rings is 1. The second-order valence-electron chi connectivity index (χ2n) is 4.89. The second-order valence-corrected chi connectivity index (χ2v) is 4.89. The third-order valence-corrected chi connectivity index (χ3v) is 3.17. The molecule has 1 aliphatic rings. The first-order valence-electron chi connectivity index (χ1n) is 6.17. The summed E-state index contributed by atoms with van der Waals surface area (Å²) in [6, 6.07) is 8.71. The average Bonchev–Trinajstić information content (AvgIpc) is 2.79. The van der Waals surface area contributed by atoms with E-state index in [-0.39, 0.29) is 0 Å². The van der Waals surface area contributed by atoms with Crippen LogP contribution in [0.4, 0.5) is 5.69 Å². The van der Waals surface area contributed by atoms with Crippen LogP contribution < -0.4 is 5.32 Å². The van der Waals surface area contributed by atoms with Crippen molar-refractivity contribution in [3.8, 4) is 0 Å². The fourth-order valence-electron chi connectivity index (χ4n) is 2.01. The lowest BCUT2D eigenvalue weighted by atomic mass is 10.0. The number of nitrogens with one attached hydrogen (secondary N) is 1. The zero-order valence-electron chi connectivity index (χ0n) is 10.2. The Morgan fingerprint density at radius 3 is 3.00 bits per heavy atom. The smallest absolute Gasteiger partial charge is 0.0511 e. The Morgan fingerprint density at radius 2 is 2.31 bits per heavy atom. The van der Waals surface area contributed by atoms with E-state index in [9.17, 15) is 0 Å². The van der Waals surface area contributed by atoms with Crippen LogP contribution in [0.5, 0.6) is 0 Å². The molecular formula is C14H21NO. The van der Waals surface area contributed by atoms with Gasteiger partial charge in [0.15, 0.2) is 0 Å². The van der Waals surface area contributed by atoms with Crippen LogP contribution in [0.25, 0.3) is 0 Å². The highest BCUT2D eigenvalue weighted by Crippen LogP contribution is 2.19. The molecule has 2 nitrogen and oxygen atoms in total. The highest BCUT2D eigenvalue weighted by Gasteiger charge is 2.14. The van der Waals surface area contributed by atoms with Crippen LogP contribution in [-0.2, 0) is 4.74 Å². The molecular weight excluding hydrogens is 198 g/mol. The van der Waals surface area contributed by atoms with Gasteiger partial charge in [0.05, 0.1) is 6.61 Å². The highest BCUT2D eigenvalue weighted by molar-refractivity contribution is 5.46. The number of hydrogen-bond donors (Lipinski definition) is 1.